The van der Waals surface area contributed by atoms with Gasteiger partial charge in [-0.1, -0.05) is 25.1 Å². The Morgan fingerprint density at radius 2 is 2.14 bits per heavy atom. The van der Waals surface area contributed by atoms with Gasteiger partial charge in [-0.25, -0.2) is 0 Å². The predicted molar refractivity (Wildman–Crippen MR) is 92.9 cm³/mol. The zero-order valence-electron chi connectivity index (χ0n) is 12.7. The average Bonchev–Trinajstić information content (AvgIpc) is 2.54. The molecule has 1 aromatic carbocycles. The van der Waals surface area contributed by atoms with Crippen LogP contribution in [0.4, 0.5) is 5.69 Å². The molecule has 4 nitrogen and oxygen atoms in total. The fraction of sp³-hybridized carbons (Fsp3) is 0.294. The van der Waals surface area contributed by atoms with Gasteiger partial charge in [0.2, 0.25) is 5.91 Å². The highest BCUT2D eigenvalue weighted by molar-refractivity contribution is 7.99. The largest absolute Gasteiger partial charge is 0.325 e. The standard InChI is InChI=1S/C17H21N3OS/c1-2-18-11-14-6-5-8-15(10-14)20-17(21)13-22-12-16-7-3-4-9-19-16/h3-10,18H,2,11-13H2,1H3,(H,20,21). The number of nitrogens with one attached hydrogen (secondary N) is 2. The summed E-state index contributed by atoms with van der Waals surface area (Å²) in [7, 11) is 0. The van der Waals surface area contributed by atoms with Gasteiger partial charge in [-0.2, -0.15) is 0 Å². The first-order valence-corrected chi connectivity index (χ1v) is 8.50. The van der Waals surface area contributed by atoms with Gasteiger partial charge in [0.15, 0.2) is 0 Å². The predicted octanol–water partition coefficient (Wildman–Crippen LogP) is 3.06. The fourth-order valence-electron chi connectivity index (χ4n) is 1.96. The second-order valence-corrected chi connectivity index (χ2v) is 5.83. The Labute approximate surface area is 135 Å². The van der Waals surface area contributed by atoms with Crippen molar-refractivity contribution >= 4 is 23.4 Å². The van der Waals surface area contributed by atoms with Crippen LogP contribution in [0.25, 0.3) is 0 Å². The van der Waals surface area contributed by atoms with Crippen molar-refractivity contribution < 1.29 is 4.79 Å². The summed E-state index contributed by atoms with van der Waals surface area (Å²) < 4.78 is 0. The molecule has 116 valence electrons. The summed E-state index contributed by atoms with van der Waals surface area (Å²) in [4.78, 5) is 16.2. The van der Waals surface area contributed by atoms with Gasteiger partial charge in [0, 0.05) is 24.2 Å². The number of aromatic nitrogens is 1. The lowest BCUT2D eigenvalue weighted by Crippen LogP contribution is -2.15. The van der Waals surface area contributed by atoms with Gasteiger partial charge >= 0.3 is 0 Å². The molecule has 0 aliphatic heterocycles. The van der Waals surface area contributed by atoms with Gasteiger partial charge in [-0.3, -0.25) is 9.78 Å². The highest BCUT2D eigenvalue weighted by atomic mass is 32.2. The SMILES string of the molecule is CCNCc1cccc(NC(=O)CSCc2ccccn2)c1. The Kier molecular flexibility index (Phi) is 6.93. The van der Waals surface area contributed by atoms with Crippen LogP contribution in [-0.2, 0) is 17.1 Å². The second-order valence-electron chi connectivity index (χ2n) is 4.84. The van der Waals surface area contributed by atoms with E-state index in [-0.39, 0.29) is 5.91 Å². The van der Waals surface area contributed by atoms with E-state index >= 15 is 0 Å². The van der Waals surface area contributed by atoms with Crippen molar-refractivity contribution in [3.63, 3.8) is 0 Å². The molecular weight excluding hydrogens is 294 g/mol. The molecule has 0 saturated heterocycles. The van der Waals surface area contributed by atoms with Gasteiger partial charge in [0.25, 0.3) is 0 Å². The highest BCUT2D eigenvalue weighted by Crippen LogP contribution is 2.13. The van der Waals surface area contributed by atoms with E-state index in [4.69, 9.17) is 0 Å². The van der Waals surface area contributed by atoms with Crippen molar-refractivity contribution in [1.29, 1.82) is 0 Å². The third-order valence-corrected chi connectivity index (χ3v) is 3.97. The first-order valence-electron chi connectivity index (χ1n) is 7.35. The molecule has 2 rings (SSSR count). The summed E-state index contributed by atoms with van der Waals surface area (Å²) in [5.41, 5.74) is 3.01. The van der Waals surface area contributed by atoms with Gasteiger partial charge in [0.1, 0.15) is 0 Å². The van der Waals surface area contributed by atoms with E-state index in [0.717, 1.165) is 30.2 Å². The number of nitrogens with zero attached hydrogens (tertiary/aromatic N) is 1. The zero-order chi connectivity index (χ0) is 15.6. The van der Waals surface area contributed by atoms with Crippen molar-refractivity contribution in [2.75, 3.05) is 17.6 Å². The number of rotatable bonds is 8. The minimum Gasteiger partial charge on any atom is -0.325 e. The van der Waals surface area contributed by atoms with Crippen LogP contribution in [0.3, 0.4) is 0 Å². The van der Waals surface area contributed by atoms with Crippen molar-refractivity contribution in [2.45, 2.75) is 19.2 Å². The molecule has 0 aliphatic carbocycles. The van der Waals surface area contributed by atoms with Crippen LogP contribution in [0.5, 0.6) is 0 Å². The smallest absolute Gasteiger partial charge is 0.234 e. The summed E-state index contributed by atoms with van der Waals surface area (Å²) in [6.45, 7) is 3.82. The Morgan fingerprint density at radius 3 is 2.91 bits per heavy atom. The molecular formula is C17H21N3OS. The molecule has 0 saturated carbocycles. The Balaban J connectivity index is 1.77. The van der Waals surface area contributed by atoms with E-state index in [1.54, 1.807) is 18.0 Å². The molecule has 0 aliphatic rings. The van der Waals surface area contributed by atoms with E-state index in [1.807, 2.05) is 42.5 Å². The van der Waals surface area contributed by atoms with Crippen LogP contribution in [-0.4, -0.2) is 23.2 Å². The summed E-state index contributed by atoms with van der Waals surface area (Å²) in [5.74, 6) is 1.18. The minimum absolute atomic E-state index is 0.0153. The number of benzene rings is 1. The number of carbonyl (C=O) groups is 1. The fourth-order valence-corrected chi connectivity index (χ4v) is 2.70. The van der Waals surface area contributed by atoms with Crippen molar-refractivity contribution in [3.8, 4) is 0 Å². The van der Waals surface area contributed by atoms with Crippen LogP contribution < -0.4 is 10.6 Å². The maximum absolute atomic E-state index is 12.0. The minimum atomic E-state index is 0.0153. The third-order valence-electron chi connectivity index (χ3n) is 3.00. The molecule has 1 amide bonds. The van der Waals surface area contributed by atoms with Gasteiger partial charge in [-0.05, 0) is 36.4 Å². The Hall–Kier alpha value is -1.85. The molecule has 22 heavy (non-hydrogen) atoms. The molecule has 2 N–H and O–H groups in total. The molecule has 0 unspecified atom stereocenters. The lowest BCUT2D eigenvalue weighted by molar-refractivity contribution is -0.113. The average molecular weight is 315 g/mol. The van der Waals surface area contributed by atoms with E-state index < -0.39 is 0 Å². The lowest BCUT2D eigenvalue weighted by Gasteiger charge is -2.08. The number of amides is 1. The van der Waals surface area contributed by atoms with Crippen molar-refractivity contribution in [2.24, 2.45) is 0 Å². The zero-order valence-corrected chi connectivity index (χ0v) is 13.5. The van der Waals surface area contributed by atoms with Crippen LogP contribution in [0.15, 0.2) is 48.7 Å². The van der Waals surface area contributed by atoms with Crippen molar-refractivity contribution in [3.05, 3.63) is 59.9 Å². The Bertz CT molecular complexity index is 589. The summed E-state index contributed by atoms with van der Waals surface area (Å²) in [6.07, 6.45) is 1.77. The topological polar surface area (TPSA) is 54.0 Å². The molecule has 0 atom stereocenters. The first kappa shape index (κ1) is 16.5. The maximum Gasteiger partial charge on any atom is 0.234 e. The summed E-state index contributed by atoms with van der Waals surface area (Å²) >= 11 is 1.56. The van der Waals surface area contributed by atoms with E-state index in [0.29, 0.717) is 5.75 Å². The number of anilines is 1. The van der Waals surface area contributed by atoms with Gasteiger partial charge in [0.05, 0.1) is 11.4 Å². The molecule has 0 spiro atoms. The van der Waals surface area contributed by atoms with E-state index in [2.05, 4.69) is 22.5 Å². The molecule has 0 bridgehead atoms. The van der Waals surface area contributed by atoms with Crippen molar-refractivity contribution in [1.82, 2.24) is 10.3 Å². The molecule has 1 heterocycles. The van der Waals surface area contributed by atoms with E-state index in [9.17, 15) is 4.79 Å². The first-order chi connectivity index (χ1) is 10.8. The van der Waals surface area contributed by atoms with Crippen LogP contribution in [0.1, 0.15) is 18.2 Å². The number of hydrogen-bond donors (Lipinski definition) is 2. The summed E-state index contributed by atoms with van der Waals surface area (Å²) in [6, 6.07) is 13.7. The molecule has 1 aromatic heterocycles. The van der Waals surface area contributed by atoms with E-state index in [1.165, 1.54) is 5.56 Å². The quantitative estimate of drug-likeness (QED) is 0.786. The van der Waals surface area contributed by atoms with Crippen LogP contribution in [0.2, 0.25) is 0 Å². The second kappa shape index (κ2) is 9.23. The van der Waals surface area contributed by atoms with Gasteiger partial charge in [-0.15, -0.1) is 11.8 Å². The van der Waals surface area contributed by atoms with Crippen LogP contribution in [0, 0.1) is 0 Å². The number of thioether (sulfide) groups is 1. The maximum atomic E-state index is 12.0. The molecule has 0 fully saturated rings. The number of pyridine rings is 1. The highest BCUT2D eigenvalue weighted by Gasteiger charge is 2.04. The normalized spacial score (nSPS) is 10.4. The summed E-state index contributed by atoms with van der Waals surface area (Å²) in [5, 5.41) is 6.21. The Morgan fingerprint density at radius 1 is 1.23 bits per heavy atom. The lowest BCUT2D eigenvalue weighted by atomic mass is 10.2. The third kappa shape index (κ3) is 5.87. The molecule has 2 aromatic rings. The monoisotopic (exact) mass is 315 g/mol. The number of hydrogen-bond acceptors (Lipinski definition) is 4. The molecule has 5 heteroatoms. The number of carbonyl (C=O) groups excluding carboxylic acids is 1. The van der Waals surface area contributed by atoms with Crippen LogP contribution >= 0.6 is 11.8 Å². The van der Waals surface area contributed by atoms with Gasteiger partial charge < -0.3 is 10.6 Å². The molecule has 0 radical (unpaired) electrons.